The van der Waals surface area contributed by atoms with Crippen molar-refractivity contribution in [3.8, 4) is 0 Å². The van der Waals surface area contributed by atoms with E-state index in [9.17, 15) is 9.59 Å². The summed E-state index contributed by atoms with van der Waals surface area (Å²) in [6.07, 6.45) is 2.90. The number of carbonyl (C=O) groups excluding carboxylic acids is 1. The molecule has 1 fully saturated rings. The lowest BCUT2D eigenvalue weighted by molar-refractivity contribution is -0.136. The number of amides is 1. The van der Waals surface area contributed by atoms with Crippen LogP contribution in [0.5, 0.6) is 0 Å². The van der Waals surface area contributed by atoms with Crippen molar-refractivity contribution in [2.45, 2.75) is 31.7 Å². The van der Waals surface area contributed by atoms with Gasteiger partial charge >= 0.3 is 5.97 Å². The number of carbonyl (C=O) groups is 2. The maximum absolute atomic E-state index is 13.4. The normalized spacial score (nSPS) is 19.5. The van der Waals surface area contributed by atoms with Crippen molar-refractivity contribution in [3.63, 3.8) is 0 Å². The van der Waals surface area contributed by atoms with E-state index in [1.807, 2.05) is 36.4 Å². The molecule has 2 aliphatic rings. The van der Waals surface area contributed by atoms with Crippen LogP contribution in [0.1, 0.15) is 36.8 Å². The van der Waals surface area contributed by atoms with Crippen LogP contribution < -0.4 is 4.90 Å². The van der Waals surface area contributed by atoms with Gasteiger partial charge in [0.05, 0.1) is 17.8 Å². The van der Waals surface area contributed by atoms with Crippen LogP contribution in [-0.2, 0) is 9.59 Å². The molecule has 6 heteroatoms. The fourth-order valence-corrected chi connectivity index (χ4v) is 3.97. The first-order valence-corrected chi connectivity index (χ1v) is 9.88. The number of hydrogen-bond donors (Lipinski definition) is 1. The van der Waals surface area contributed by atoms with Crippen molar-refractivity contribution >= 4 is 34.9 Å². The molecule has 1 aliphatic heterocycles. The molecule has 5 nitrogen and oxygen atoms in total. The molecule has 1 aliphatic carbocycles. The Balaban J connectivity index is 1.88. The summed E-state index contributed by atoms with van der Waals surface area (Å²) >= 11 is 6.28. The van der Waals surface area contributed by atoms with Crippen LogP contribution >= 0.6 is 11.6 Å². The first kappa shape index (κ1) is 18.7. The number of rotatable bonds is 5. The van der Waals surface area contributed by atoms with Crippen molar-refractivity contribution < 1.29 is 14.7 Å². The fraction of sp³-hybridized carbons (Fsp3) is 0.318. The molecule has 28 heavy (non-hydrogen) atoms. The van der Waals surface area contributed by atoms with Gasteiger partial charge in [-0.05, 0) is 37.0 Å². The molecular formula is C22H21ClN2O3. The number of benzodiazepines with no additional fused rings is 1. The molecule has 2 aromatic carbocycles. The Kier molecular flexibility index (Phi) is 5.18. The summed E-state index contributed by atoms with van der Waals surface area (Å²) in [6.45, 7) is 0.115. The Morgan fingerprint density at radius 2 is 1.93 bits per heavy atom. The van der Waals surface area contributed by atoms with Crippen molar-refractivity contribution in [1.82, 2.24) is 0 Å². The van der Waals surface area contributed by atoms with Gasteiger partial charge in [-0.25, -0.2) is 0 Å². The first-order valence-electron chi connectivity index (χ1n) is 9.51. The number of anilines is 1. The molecule has 2 aromatic rings. The highest BCUT2D eigenvalue weighted by atomic mass is 35.5. The highest BCUT2D eigenvalue weighted by Gasteiger charge is 2.39. The van der Waals surface area contributed by atoms with E-state index in [4.69, 9.17) is 21.7 Å². The van der Waals surface area contributed by atoms with Crippen LogP contribution in [0.15, 0.2) is 53.5 Å². The molecule has 0 aromatic heterocycles. The van der Waals surface area contributed by atoms with Gasteiger partial charge in [0.25, 0.3) is 5.91 Å². The minimum absolute atomic E-state index is 0.115. The number of fused-ring (bicyclic) bond motifs is 1. The molecule has 1 saturated carbocycles. The second-order valence-electron chi connectivity index (χ2n) is 7.27. The number of halogens is 1. The molecule has 4 rings (SSSR count). The number of aliphatic imine (C=N–C) groups is 1. The van der Waals surface area contributed by atoms with Gasteiger partial charge in [0.2, 0.25) is 0 Å². The number of aliphatic carboxylic acids is 1. The van der Waals surface area contributed by atoms with E-state index in [1.54, 1.807) is 17.0 Å². The summed E-state index contributed by atoms with van der Waals surface area (Å²) < 4.78 is 0. The smallest absolute Gasteiger partial charge is 0.305 e. The van der Waals surface area contributed by atoms with E-state index in [-0.39, 0.29) is 24.8 Å². The molecule has 1 heterocycles. The van der Waals surface area contributed by atoms with E-state index >= 15 is 0 Å². The zero-order valence-corrected chi connectivity index (χ0v) is 16.1. The number of nitrogens with zero attached hydrogens (tertiary/aromatic N) is 2. The molecule has 144 valence electrons. The van der Waals surface area contributed by atoms with Gasteiger partial charge in [-0.1, -0.05) is 48.4 Å². The van der Waals surface area contributed by atoms with E-state index in [1.165, 1.54) is 0 Å². The Hall–Kier alpha value is -2.66. The van der Waals surface area contributed by atoms with Gasteiger partial charge in [0.1, 0.15) is 6.04 Å². The van der Waals surface area contributed by atoms with Gasteiger partial charge in [-0.2, -0.15) is 0 Å². The molecule has 1 N–H and O–H groups in total. The van der Waals surface area contributed by atoms with Crippen LogP contribution in [0, 0.1) is 5.92 Å². The predicted molar refractivity (Wildman–Crippen MR) is 109 cm³/mol. The average Bonchev–Trinajstić information content (AvgIpc) is 2.75. The van der Waals surface area contributed by atoms with Gasteiger partial charge in [0, 0.05) is 22.7 Å². The zero-order chi connectivity index (χ0) is 19.7. The summed E-state index contributed by atoms with van der Waals surface area (Å²) in [6, 6.07) is 14.6. The Bertz CT molecular complexity index is 938. The molecule has 0 radical (unpaired) electrons. The van der Waals surface area contributed by atoms with E-state index in [0.29, 0.717) is 10.7 Å². The van der Waals surface area contributed by atoms with Gasteiger partial charge in [-0.3, -0.25) is 14.6 Å². The maximum Gasteiger partial charge on any atom is 0.305 e. The monoisotopic (exact) mass is 396 g/mol. The summed E-state index contributed by atoms with van der Waals surface area (Å²) in [4.78, 5) is 31.1. The zero-order valence-electron chi connectivity index (χ0n) is 15.3. The maximum atomic E-state index is 13.4. The first-order chi connectivity index (χ1) is 13.5. The highest BCUT2D eigenvalue weighted by molar-refractivity contribution is 6.32. The predicted octanol–water partition coefficient (Wildman–Crippen LogP) is 4.17. The Morgan fingerprint density at radius 3 is 2.57 bits per heavy atom. The third-order valence-electron chi connectivity index (χ3n) is 5.48. The minimum Gasteiger partial charge on any atom is -0.481 e. The summed E-state index contributed by atoms with van der Waals surface area (Å²) in [5, 5.41) is 9.72. The highest BCUT2D eigenvalue weighted by Crippen LogP contribution is 2.37. The molecule has 0 bridgehead atoms. The molecular weight excluding hydrogens is 376 g/mol. The molecule has 0 spiro atoms. The number of carboxylic acids is 1. The lowest BCUT2D eigenvalue weighted by Crippen LogP contribution is -2.44. The largest absolute Gasteiger partial charge is 0.481 e. The minimum atomic E-state index is -0.933. The van der Waals surface area contributed by atoms with Crippen LogP contribution in [0.3, 0.4) is 0 Å². The fourth-order valence-electron chi connectivity index (χ4n) is 3.80. The Labute approximate surface area is 168 Å². The average molecular weight is 397 g/mol. The summed E-state index contributed by atoms with van der Waals surface area (Å²) in [5.41, 5.74) is 3.09. The number of hydrogen-bond acceptors (Lipinski definition) is 3. The number of benzene rings is 2. The quantitative estimate of drug-likeness (QED) is 0.824. The third kappa shape index (κ3) is 3.54. The summed E-state index contributed by atoms with van der Waals surface area (Å²) in [5.74, 6) is -0.860. The van der Waals surface area contributed by atoms with Crippen LogP contribution in [-0.4, -0.2) is 35.3 Å². The SMILES string of the molecule is O=C(O)CCN1C(=O)[C@H](C2CCC2)N=C(c2ccccc2)c2cc(Cl)ccc21. The van der Waals surface area contributed by atoms with Crippen LogP contribution in [0.2, 0.25) is 5.02 Å². The lowest BCUT2D eigenvalue weighted by Gasteiger charge is -2.33. The molecule has 1 amide bonds. The topological polar surface area (TPSA) is 70.0 Å². The Morgan fingerprint density at radius 1 is 1.18 bits per heavy atom. The van der Waals surface area contributed by atoms with Crippen molar-refractivity contribution in [2.75, 3.05) is 11.4 Å². The van der Waals surface area contributed by atoms with Gasteiger partial charge in [-0.15, -0.1) is 0 Å². The van der Waals surface area contributed by atoms with E-state index in [2.05, 4.69) is 0 Å². The van der Waals surface area contributed by atoms with Crippen molar-refractivity contribution in [1.29, 1.82) is 0 Å². The second-order valence-corrected chi connectivity index (χ2v) is 7.71. The standard InChI is InChI=1S/C22H21ClN2O3/c23-16-9-10-18-17(13-16)20(14-5-2-1-3-6-14)24-21(15-7-4-8-15)22(28)25(18)12-11-19(26)27/h1-3,5-6,9-10,13,15,21H,4,7-8,11-12H2,(H,26,27)/t21-/m0/s1. The van der Waals surface area contributed by atoms with Gasteiger partial charge < -0.3 is 10.0 Å². The third-order valence-corrected chi connectivity index (χ3v) is 5.72. The van der Waals surface area contributed by atoms with Crippen LogP contribution in [0.4, 0.5) is 5.69 Å². The van der Waals surface area contributed by atoms with Crippen molar-refractivity contribution in [2.24, 2.45) is 10.9 Å². The summed E-state index contributed by atoms with van der Waals surface area (Å²) in [7, 11) is 0. The molecule has 0 unspecified atom stereocenters. The molecule has 1 atom stereocenters. The van der Waals surface area contributed by atoms with Crippen LogP contribution in [0.25, 0.3) is 0 Å². The second kappa shape index (κ2) is 7.76. The van der Waals surface area contributed by atoms with Crippen molar-refractivity contribution in [3.05, 3.63) is 64.7 Å². The molecule has 0 saturated heterocycles. The number of carboxylic acid groups (broad SMARTS) is 1. The van der Waals surface area contributed by atoms with E-state index < -0.39 is 12.0 Å². The lowest BCUT2D eigenvalue weighted by atomic mass is 9.79. The van der Waals surface area contributed by atoms with E-state index in [0.717, 1.165) is 36.1 Å². The van der Waals surface area contributed by atoms with Gasteiger partial charge in [0.15, 0.2) is 0 Å².